The van der Waals surface area contributed by atoms with Gasteiger partial charge >= 0.3 is 0 Å². The average molecular weight is 247 g/mol. The van der Waals surface area contributed by atoms with Gasteiger partial charge in [0.25, 0.3) is 0 Å². The van der Waals surface area contributed by atoms with Crippen LogP contribution in [0.3, 0.4) is 0 Å². The number of carbonyl (C=O) groups is 1. The summed E-state index contributed by atoms with van der Waals surface area (Å²) in [5.41, 5.74) is 9.65. The van der Waals surface area contributed by atoms with Crippen molar-refractivity contribution in [2.75, 3.05) is 26.2 Å². The first-order valence-electron chi connectivity index (χ1n) is 6.40. The van der Waals surface area contributed by atoms with Crippen molar-refractivity contribution < 1.29 is 4.79 Å². The molecule has 3 N–H and O–H groups in total. The van der Waals surface area contributed by atoms with Crippen LogP contribution >= 0.6 is 0 Å². The average Bonchev–Trinajstić information content (AvgIpc) is 2.33. The lowest BCUT2D eigenvalue weighted by Crippen LogP contribution is -2.50. The molecule has 0 saturated carbocycles. The zero-order valence-electron chi connectivity index (χ0n) is 11.1. The monoisotopic (exact) mass is 247 g/mol. The van der Waals surface area contributed by atoms with Crippen molar-refractivity contribution in [3.8, 4) is 0 Å². The maximum absolute atomic E-state index is 11.5. The van der Waals surface area contributed by atoms with E-state index in [1.165, 1.54) is 16.7 Å². The summed E-state index contributed by atoms with van der Waals surface area (Å²) in [5, 5.41) is 2.84. The molecule has 0 radical (unpaired) electrons. The standard InChI is InChI=1S/C14H21N3O/c1-10-3-4-12(11(2)7-10)13(8-15)17-6-5-16-14(18)9-17/h3-4,7,13H,5-6,8-9,15H2,1-2H3,(H,16,18). The molecule has 1 amide bonds. The summed E-state index contributed by atoms with van der Waals surface area (Å²) in [5.74, 6) is 0.0875. The van der Waals surface area contributed by atoms with E-state index in [0.29, 0.717) is 19.6 Å². The molecule has 2 rings (SSSR count). The fourth-order valence-corrected chi connectivity index (χ4v) is 2.60. The van der Waals surface area contributed by atoms with Crippen molar-refractivity contribution in [3.05, 3.63) is 34.9 Å². The molecule has 0 aliphatic carbocycles. The molecular formula is C14H21N3O. The van der Waals surface area contributed by atoms with Crippen molar-refractivity contribution in [1.29, 1.82) is 0 Å². The van der Waals surface area contributed by atoms with Crippen LogP contribution in [0.5, 0.6) is 0 Å². The first-order valence-corrected chi connectivity index (χ1v) is 6.40. The minimum absolute atomic E-state index is 0.0875. The summed E-state index contributed by atoms with van der Waals surface area (Å²) in [6, 6.07) is 6.54. The van der Waals surface area contributed by atoms with Gasteiger partial charge in [-0.25, -0.2) is 0 Å². The number of nitrogens with zero attached hydrogens (tertiary/aromatic N) is 1. The second-order valence-corrected chi connectivity index (χ2v) is 4.93. The number of amides is 1. The number of piperazine rings is 1. The van der Waals surface area contributed by atoms with Crippen LogP contribution in [0.25, 0.3) is 0 Å². The van der Waals surface area contributed by atoms with Gasteiger partial charge in [0.05, 0.1) is 6.54 Å². The second kappa shape index (κ2) is 5.50. The largest absolute Gasteiger partial charge is 0.354 e. The third kappa shape index (κ3) is 2.71. The molecule has 4 heteroatoms. The molecule has 1 aliphatic heterocycles. The van der Waals surface area contributed by atoms with Crippen molar-refractivity contribution >= 4 is 5.91 Å². The number of hydrogen-bond acceptors (Lipinski definition) is 3. The maximum atomic E-state index is 11.5. The Hall–Kier alpha value is -1.39. The van der Waals surface area contributed by atoms with Crippen molar-refractivity contribution in [3.63, 3.8) is 0 Å². The smallest absolute Gasteiger partial charge is 0.234 e. The van der Waals surface area contributed by atoms with Gasteiger partial charge in [0.1, 0.15) is 0 Å². The van der Waals surface area contributed by atoms with Crippen LogP contribution in [0, 0.1) is 13.8 Å². The number of aryl methyl sites for hydroxylation is 2. The van der Waals surface area contributed by atoms with Crippen LogP contribution in [0.4, 0.5) is 0 Å². The third-order valence-corrected chi connectivity index (χ3v) is 3.52. The van der Waals surface area contributed by atoms with E-state index in [4.69, 9.17) is 5.73 Å². The predicted octanol–water partition coefficient (Wildman–Crippen LogP) is 0.735. The zero-order chi connectivity index (χ0) is 13.1. The molecular weight excluding hydrogens is 226 g/mol. The van der Waals surface area contributed by atoms with Crippen molar-refractivity contribution in [2.45, 2.75) is 19.9 Å². The summed E-state index contributed by atoms with van der Waals surface area (Å²) in [6.45, 7) is 6.74. The summed E-state index contributed by atoms with van der Waals surface area (Å²) in [6.07, 6.45) is 0. The lowest BCUT2D eigenvalue weighted by molar-refractivity contribution is -0.124. The van der Waals surface area contributed by atoms with Gasteiger partial charge in [0, 0.05) is 25.7 Å². The molecule has 1 aromatic carbocycles. The van der Waals surface area contributed by atoms with Gasteiger partial charge in [-0.2, -0.15) is 0 Å². The van der Waals surface area contributed by atoms with Gasteiger partial charge in [-0.1, -0.05) is 23.8 Å². The molecule has 4 nitrogen and oxygen atoms in total. The molecule has 0 bridgehead atoms. The summed E-state index contributed by atoms with van der Waals surface area (Å²) in [7, 11) is 0. The van der Waals surface area contributed by atoms with Gasteiger partial charge in [-0.3, -0.25) is 9.69 Å². The van der Waals surface area contributed by atoms with Gasteiger partial charge < -0.3 is 11.1 Å². The Balaban J connectivity index is 2.24. The number of nitrogens with one attached hydrogen (secondary N) is 1. The molecule has 1 unspecified atom stereocenters. The van der Waals surface area contributed by atoms with E-state index < -0.39 is 0 Å². The molecule has 98 valence electrons. The van der Waals surface area contributed by atoms with Gasteiger partial charge in [0.15, 0.2) is 0 Å². The lowest BCUT2D eigenvalue weighted by Gasteiger charge is -2.34. The molecule has 0 spiro atoms. The van der Waals surface area contributed by atoms with Crippen LogP contribution in [0.2, 0.25) is 0 Å². The van der Waals surface area contributed by atoms with E-state index in [0.717, 1.165) is 6.54 Å². The van der Waals surface area contributed by atoms with Crippen molar-refractivity contribution in [2.24, 2.45) is 5.73 Å². The summed E-state index contributed by atoms with van der Waals surface area (Å²) < 4.78 is 0. The fraction of sp³-hybridized carbons (Fsp3) is 0.500. The number of carbonyl (C=O) groups excluding carboxylic acids is 1. The Morgan fingerprint density at radius 1 is 1.44 bits per heavy atom. The Labute approximate surface area is 108 Å². The van der Waals surface area contributed by atoms with Crippen LogP contribution in [0.1, 0.15) is 22.7 Å². The molecule has 0 aromatic heterocycles. The third-order valence-electron chi connectivity index (χ3n) is 3.52. The minimum atomic E-state index is 0.0875. The highest BCUT2D eigenvalue weighted by molar-refractivity contribution is 5.78. The molecule has 1 heterocycles. The topological polar surface area (TPSA) is 58.4 Å². The number of nitrogens with two attached hydrogens (primary N) is 1. The van der Waals surface area contributed by atoms with Crippen molar-refractivity contribution in [1.82, 2.24) is 10.2 Å². The molecule has 18 heavy (non-hydrogen) atoms. The normalized spacial score (nSPS) is 18.5. The summed E-state index contributed by atoms with van der Waals surface area (Å²) >= 11 is 0. The number of hydrogen-bond donors (Lipinski definition) is 2. The zero-order valence-corrected chi connectivity index (χ0v) is 11.1. The molecule has 1 fully saturated rings. The van der Waals surface area contributed by atoms with Crippen LogP contribution in [-0.2, 0) is 4.79 Å². The van der Waals surface area contributed by atoms with Crippen LogP contribution < -0.4 is 11.1 Å². The highest BCUT2D eigenvalue weighted by Gasteiger charge is 2.25. The van der Waals surface area contributed by atoms with Crippen LogP contribution in [0.15, 0.2) is 18.2 Å². The number of benzene rings is 1. The second-order valence-electron chi connectivity index (χ2n) is 4.93. The highest BCUT2D eigenvalue weighted by Crippen LogP contribution is 2.24. The molecule has 1 saturated heterocycles. The Bertz CT molecular complexity index is 445. The van der Waals surface area contributed by atoms with Crippen LogP contribution in [-0.4, -0.2) is 37.0 Å². The van der Waals surface area contributed by atoms with E-state index in [1.54, 1.807) is 0 Å². The summed E-state index contributed by atoms with van der Waals surface area (Å²) in [4.78, 5) is 13.6. The lowest BCUT2D eigenvalue weighted by atomic mass is 9.97. The molecule has 1 aromatic rings. The van der Waals surface area contributed by atoms with E-state index in [1.807, 2.05) is 0 Å². The SMILES string of the molecule is Cc1ccc(C(CN)N2CCNC(=O)C2)c(C)c1. The first kappa shape index (κ1) is 13.1. The maximum Gasteiger partial charge on any atom is 0.234 e. The quantitative estimate of drug-likeness (QED) is 0.828. The molecule has 1 aliphatic rings. The van der Waals surface area contributed by atoms with E-state index >= 15 is 0 Å². The van der Waals surface area contributed by atoms with E-state index in [9.17, 15) is 4.79 Å². The minimum Gasteiger partial charge on any atom is -0.354 e. The predicted molar refractivity (Wildman–Crippen MR) is 72.3 cm³/mol. The Morgan fingerprint density at radius 2 is 2.22 bits per heavy atom. The van der Waals surface area contributed by atoms with Gasteiger partial charge in [-0.15, -0.1) is 0 Å². The van der Waals surface area contributed by atoms with Gasteiger partial charge in [-0.05, 0) is 25.0 Å². The fourth-order valence-electron chi connectivity index (χ4n) is 2.60. The Kier molecular flexibility index (Phi) is 3.99. The number of rotatable bonds is 3. The first-order chi connectivity index (χ1) is 8.61. The highest BCUT2D eigenvalue weighted by atomic mass is 16.2. The van der Waals surface area contributed by atoms with Gasteiger partial charge in [0.2, 0.25) is 5.91 Å². The van der Waals surface area contributed by atoms with E-state index in [-0.39, 0.29) is 11.9 Å². The van der Waals surface area contributed by atoms with E-state index in [2.05, 4.69) is 42.3 Å². The molecule has 1 atom stereocenters. The Morgan fingerprint density at radius 3 is 2.83 bits per heavy atom.